The number of esters is 1. The number of aliphatic hydroxyl groups is 5. The first kappa shape index (κ1) is 63.4. The molecule has 1 aliphatic rings. The van der Waals surface area contributed by atoms with E-state index in [0.29, 0.717) is 12.8 Å². The largest absolute Gasteiger partial charge is 0.454 e. The molecule has 1 amide bonds. The van der Waals surface area contributed by atoms with E-state index in [-0.39, 0.29) is 19.4 Å². The molecule has 1 fully saturated rings. The monoisotopic (exact) mass is 960 g/mol. The zero-order valence-electron chi connectivity index (χ0n) is 43.2. The third-order valence-electron chi connectivity index (χ3n) is 12.7. The minimum absolute atomic E-state index is 0.0945. The number of amides is 1. The Morgan fingerprint density at radius 3 is 1.60 bits per heavy atom. The highest BCUT2D eigenvalue weighted by molar-refractivity contribution is 5.80. The molecule has 1 saturated heterocycles. The van der Waals surface area contributed by atoms with Gasteiger partial charge in [-0.15, -0.1) is 0 Å². The lowest BCUT2D eigenvalue weighted by Crippen LogP contribution is -2.61. The number of nitrogens with one attached hydrogen (secondary N) is 1. The first-order chi connectivity index (χ1) is 33.2. The van der Waals surface area contributed by atoms with Crippen LogP contribution in [0, 0.1) is 0 Å². The molecule has 0 bridgehead atoms. The maximum atomic E-state index is 13.3. The Hall–Kier alpha value is -2.64. The lowest BCUT2D eigenvalue weighted by Gasteiger charge is -2.41. The highest BCUT2D eigenvalue weighted by Crippen LogP contribution is 2.26. The van der Waals surface area contributed by atoms with Crippen molar-refractivity contribution in [2.24, 2.45) is 0 Å². The number of hydrogen-bond donors (Lipinski definition) is 6. The maximum Gasteiger partial charge on any atom is 0.306 e. The van der Waals surface area contributed by atoms with Crippen LogP contribution in [0.2, 0.25) is 0 Å². The van der Waals surface area contributed by atoms with Crippen molar-refractivity contribution in [3.63, 3.8) is 0 Å². The summed E-state index contributed by atoms with van der Waals surface area (Å²) in [6.45, 7) is 5.62. The summed E-state index contributed by atoms with van der Waals surface area (Å²) >= 11 is 0. The van der Waals surface area contributed by atoms with Gasteiger partial charge in [-0.25, -0.2) is 0 Å². The summed E-state index contributed by atoms with van der Waals surface area (Å²) in [4.78, 5) is 26.4. The van der Waals surface area contributed by atoms with E-state index in [1.54, 1.807) is 6.08 Å². The van der Waals surface area contributed by atoms with Gasteiger partial charge in [0.25, 0.3) is 0 Å². The second-order valence-electron chi connectivity index (χ2n) is 18.9. The maximum absolute atomic E-state index is 13.3. The minimum atomic E-state index is -1.62. The molecule has 0 aromatic carbocycles. The molecular formula is C57H101NO10. The third kappa shape index (κ3) is 33.8. The molecule has 6 N–H and O–H groups in total. The summed E-state index contributed by atoms with van der Waals surface area (Å²) in [5, 5.41) is 56.7. The molecule has 0 aromatic heterocycles. The molecule has 0 aliphatic carbocycles. The van der Waals surface area contributed by atoms with Crippen molar-refractivity contribution in [1.82, 2.24) is 5.32 Å². The zero-order chi connectivity index (χ0) is 49.7. The van der Waals surface area contributed by atoms with Crippen LogP contribution in [0.4, 0.5) is 0 Å². The molecule has 394 valence electrons. The van der Waals surface area contributed by atoms with Crippen LogP contribution in [0.25, 0.3) is 0 Å². The fourth-order valence-electron chi connectivity index (χ4n) is 8.25. The minimum Gasteiger partial charge on any atom is -0.454 e. The Balaban J connectivity index is 2.79. The molecule has 0 aromatic rings. The van der Waals surface area contributed by atoms with E-state index in [4.69, 9.17) is 14.2 Å². The number of allylic oxidation sites excluding steroid dienone is 9. The molecule has 1 rings (SSSR count). The Morgan fingerprint density at radius 1 is 0.588 bits per heavy atom. The van der Waals surface area contributed by atoms with E-state index in [9.17, 15) is 35.1 Å². The van der Waals surface area contributed by atoms with Gasteiger partial charge < -0.3 is 45.1 Å². The lowest BCUT2D eigenvalue weighted by atomic mass is 9.99. The van der Waals surface area contributed by atoms with Crippen LogP contribution >= 0.6 is 0 Å². The number of hydrogen-bond acceptors (Lipinski definition) is 10. The smallest absolute Gasteiger partial charge is 0.306 e. The highest BCUT2D eigenvalue weighted by atomic mass is 16.7. The van der Waals surface area contributed by atoms with E-state index in [2.05, 4.69) is 74.7 Å². The Bertz CT molecular complexity index is 1330. The van der Waals surface area contributed by atoms with Crippen LogP contribution in [0.5, 0.6) is 0 Å². The number of rotatable bonds is 45. The Morgan fingerprint density at radius 2 is 1.06 bits per heavy atom. The average molecular weight is 960 g/mol. The van der Waals surface area contributed by atoms with E-state index < -0.39 is 67.4 Å². The first-order valence-electron chi connectivity index (χ1n) is 27.6. The predicted octanol–water partition coefficient (Wildman–Crippen LogP) is 11.9. The molecule has 1 aliphatic heterocycles. The molecule has 0 saturated carbocycles. The summed E-state index contributed by atoms with van der Waals surface area (Å²) in [6.07, 6.45) is 44.1. The van der Waals surface area contributed by atoms with Crippen LogP contribution in [-0.2, 0) is 23.8 Å². The van der Waals surface area contributed by atoms with Crippen LogP contribution in [0.15, 0.2) is 60.8 Å². The molecule has 8 unspecified atom stereocenters. The van der Waals surface area contributed by atoms with Crippen molar-refractivity contribution in [1.29, 1.82) is 0 Å². The Kier molecular flexibility index (Phi) is 42.4. The third-order valence-corrected chi connectivity index (χ3v) is 12.7. The second-order valence-corrected chi connectivity index (χ2v) is 18.9. The van der Waals surface area contributed by atoms with Crippen molar-refractivity contribution in [2.75, 3.05) is 13.2 Å². The summed E-state index contributed by atoms with van der Waals surface area (Å²) < 4.78 is 17.5. The van der Waals surface area contributed by atoms with Crippen molar-refractivity contribution in [3.05, 3.63) is 60.8 Å². The molecule has 8 atom stereocenters. The van der Waals surface area contributed by atoms with Gasteiger partial charge in [-0.1, -0.05) is 197 Å². The SMILES string of the molecule is CC/C=C/C/C=C/C/C=C/CCCCCCC(=O)OC1C(OCC(NC(=O)C(O)CCCC/C=C\CCCCCCCCC)C(O)/C=C/CCCCCCCCCCCC)OC(CO)C(O)C1O. The van der Waals surface area contributed by atoms with Gasteiger partial charge in [-0.3, -0.25) is 9.59 Å². The quantitative estimate of drug-likeness (QED) is 0.0196. The fourth-order valence-corrected chi connectivity index (χ4v) is 8.25. The van der Waals surface area contributed by atoms with Gasteiger partial charge in [-0.05, 0) is 83.5 Å². The summed E-state index contributed by atoms with van der Waals surface area (Å²) in [7, 11) is 0. The van der Waals surface area contributed by atoms with Crippen molar-refractivity contribution in [3.8, 4) is 0 Å². The van der Waals surface area contributed by atoms with Gasteiger partial charge >= 0.3 is 5.97 Å². The number of carbonyl (C=O) groups is 2. The molecule has 0 radical (unpaired) electrons. The van der Waals surface area contributed by atoms with Gasteiger partial charge in [0.15, 0.2) is 12.4 Å². The molecule has 0 spiro atoms. The van der Waals surface area contributed by atoms with Crippen LogP contribution in [0.1, 0.15) is 226 Å². The average Bonchev–Trinajstić information content (AvgIpc) is 3.33. The Labute approximate surface area is 414 Å². The topological polar surface area (TPSA) is 175 Å². The van der Waals surface area contributed by atoms with Gasteiger partial charge in [0.1, 0.15) is 24.4 Å². The molecule has 11 nitrogen and oxygen atoms in total. The van der Waals surface area contributed by atoms with Crippen molar-refractivity contribution in [2.45, 2.75) is 275 Å². The van der Waals surface area contributed by atoms with E-state index >= 15 is 0 Å². The standard InChI is InChI=1S/C57H101NO10/c1-4-7-10-13-16-19-22-25-27-30-33-36-39-42-45-52(62)68-55-54(64)53(63)51(46-59)67-57(55)66-47-48(49(60)43-40-37-34-31-28-24-21-18-15-12-9-6-3)58-56(65)50(61)44-41-38-35-32-29-26-23-20-17-14-11-8-5-2/h7,10,16,19,25,27,29,32,40,43,48-51,53-55,57,59-61,63-64H,4-6,8-9,11-15,17-18,20-24,26,28,30-31,33-39,41-42,44-47H2,1-3H3,(H,58,65)/b10-7+,19-16+,27-25+,32-29-,43-40+. The van der Waals surface area contributed by atoms with Gasteiger partial charge in [-0.2, -0.15) is 0 Å². The van der Waals surface area contributed by atoms with Crippen molar-refractivity contribution >= 4 is 11.9 Å². The number of carbonyl (C=O) groups excluding carboxylic acids is 2. The van der Waals surface area contributed by atoms with Crippen LogP contribution < -0.4 is 5.32 Å². The highest BCUT2D eigenvalue weighted by Gasteiger charge is 2.47. The number of aliphatic hydroxyl groups excluding tert-OH is 5. The van der Waals surface area contributed by atoms with E-state index in [1.165, 1.54) is 96.3 Å². The fraction of sp³-hybridized carbons (Fsp3) is 0.789. The molecule has 11 heteroatoms. The molecule has 1 heterocycles. The zero-order valence-corrected chi connectivity index (χ0v) is 43.2. The van der Waals surface area contributed by atoms with Gasteiger partial charge in [0.2, 0.25) is 5.91 Å². The van der Waals surface area contributed by atoms with Crippen LogP contribution in [0.3, 0.4) is 0 Å². The van der Waals surface area contributed by atoms with E-state index in [0.717, 1.165) is 83.5 Å². The molecule has 68 heavy (non-hydrogen) atoms. The first-order valence-corrected chi connectivity index (χ1v) is 27.6. The normalized spacial score (nSPS) is 20.4. The number of ether oxygens (including phenoxy) is 3. The summed E-state index contributed by atoms with van der Waals surface area (Å²) in [6, 6.07) is -1.04. The molecular weight excluding hydrogens is 859 g/mol. The predicted molar refractivity (Wildman–Crippen MR) is 278 cm³/mol. The van der Waals surface area contributed by atoms with Gasteiger partial charge in [0, 0.05) is 6.42 Å². The second kappa shape index (κ2) is 45.5. The van der Waals surface area contributed by atoms with E-state index in [1.807, 2.05) is 6.08 Å². The van der Waals surface area contributed by atoms with Crippen LogP contribution in [-0.4, -0.2) is 99.6 Å². The summed E-state index contributed by atoms with van der Waals surface area (Å²) in [5.41, 5.74) is 0. The summed E-state index contributed by atoms with van der Waals surface area (Å²) in [5.74, 6) is -1.24. The number of unbranched alkanes of at least 4 members (excludes halogenated alkanes) is 23. The van der Waals surface area contributed by atoms with Gasteiger partial charge in [0.05, 0.1) is 25.4 Å². The van der Waals surface area contributed by atoms with Crippen molar-refractivity contribution < 1.29 is 49.3 Å². The lowest BCUT2D eigenvalue weighted by molar-refractivity contribution is -0.305.